The molecular weight excluding hydrogens is 723 g/mol. The van der Waals surface area contributed by atoms with Crippen molar-refractivity contribution in [1.29, 1.82) is 0 Å². The molecule has 0 aromatic heterocycles. The maximum absolute atomic E-state index is 3.60. The molecular formula is C43H46HfSi. The van der Waals surface area contributed by atoms with Gasteiger partial charge in [0.15, 0.2) is 0 Å². The molecule has 0 amide bonds. The summed E-state index contributed by atoms with van der Waals surface area (Å²) in [6, 6.07) is 43.2. The molecule has 0 saturated carbocycles. The van der Waals surface area contributed by atoms with Gasteiger partial charge in [-0.25, -0.2) is 0 Å². The van der Waals surface area contributed by atoms with Crippen molar-refractivity contribution in [2.24, 2.45) is 0 Å². The van der Waals surface area contributed by atoms with Crippen LogP contribution in [0.2, 0.25) is 6.55 Å². The maximum atomic E-state index is 3.60. The van der Waals surface area contributed by atoms with Crippen LogP contribution in [0.4, 0.5) is 0 Å². The Balaban J connectivity index is 0.000000462. The second-order valence-corrected chi connectivity index (χ2v) is 15.9. The normalized spacial score (nSPS) is 11.2. The van der Waals surface area contributed by atoms with Crippen LogP contribution in [-0.2, 0) is 25.8 Å². The van der Waals surface area contributed by atoms with Crippen LogP contribution in [0.25, 0.3) is 43.1 Å². The predicted molar refractivity (Wildman–Crippen MR) is 201 cm³/mol. The van der Waals surface area contributed by atoms with E-state index in [0.29, 0.717) is 0 Å². The molecule has 7 aromatic carbocycles. The number of fused-ring (bicyclic) bond motifs is 6. The van der Waals surface area contributed by atoms with Crippen molar-refractivity contribution in [2.75, 3.05) is 0 Å². The monoisotopic (exact) mass is 770 g/mol. The Morgan fingerprint density at radius 3 is 1.33 bits per heavy atom. The van der Waals surface area contributed by atoms with E-state index >= 15 is 0 Å². The number of benzene rings is 5. The van der Waals surface area contributed by atoms with E-state index in [0.717, 1.165) is 12.8 Å². The van der Waals surface area contributed by atoms with E-state index in [9.17, 15) is 0 Å². The predicted octanol–water partition coefficient (Wildman–Crippen LogP) is 10.7. The van der Waals surface area contributed by atoms with Crippen molar-refractivity contribution in [2.45, 2.75) is 59.9 Å². The minimum absolute atomic E-state index is 0. The van der Waals surface area contributed by atoms with E-state index in [-0.39, 0.29) is 25.8 Å². The Morgan fingerprint density at radius 2 is 0.933 bits per heavy atom. The molecule has 0 radical (unpaired) electrons. The van der Waals surface area contributed by atoms with Gasteiger partial charge < -0.3 is 13.8 Å². The number of rotatable bonds is 5. The van der Waals surface area contributed by atoms with Gasteiger partial charge >= 0.3 is 25.8 Å². The Labute approximate surface area is 291 Å². The van der Waals surface area contributed by atoms with Gasteiger partial charge in [0, 0.05) is 8.07 Å². The standard InChI is InChI=1S/C35H28Si.2C4H9.Hf/c1-23-21-27-19-17-25-11-7-9-15-30(25)32(27)34(23)36(3,29-13-5-4-6-14-29)35-24(2)22-28-20-18-26-12-8-10-16-31(26)33(28)35;2*1-3-4-2;/h4-22H,1-3H3;2*1,3-4H2,2H3;/q-2;2*-1;+4. The van der Waals surface area contributed by atoms with Crippen LogP contribution in [0.3, 0.4) is 0 Å². The fourth-order valence-corrected chi connectivity index (χ4v) is 11.8. The summed E-state index contributed by atoms with van der Waals surface area (Å²) >= 11 is 0. The first-order valence-corrected chi connectivity index (χ1v) is 18.7. The molecule has 0 bridgehead atoms. The van der Waals surface area contributed by atoms with Crippen molar-refractivity contribution in [3.63, 3.8) is 0 Å². The van der Waals surface area contributed by atoms with Crippen molar-refractivity contribution in [3.8, 4) is 0 Å². The van der Waals surface area contributed by atoms with Crippen LogP contribution in [0.15, 0.2) is 115 Å². The van der Waals surface area contributed by atoms with Crippen LogP contribution in [-0.4, -0.2) is 8.07 Å². The third kappa shape index (κ3) is 6.60. The quantitative estimate of drug-likeness (QED) is 0.121. The van der Waals surface area contributed by atoms with Gasteiger partial charge in [-0.1, -0.05) is 154 Å². The van der Waals surface area contributed by atoms with Crippen molar-refractivity contribution < 1.29 is 25.8 Å². The van der Waals surface area contributed by atoms with Gasteiger partial charge in [-0.15, -0.1) is 56.9 Å². The Morgan fingerprint density at radius 1 is 0.556 bits per heavy atom. The third-order valence-corrected chi connectivity index (χ3v) is 13.8. The SMILES string of the molecule is Cc1[cH-]c2ccc3ccccc3c2c1[Si](C)(c1ccccc1)c1c(C)[cH-]c2ccc3ccccc3c12.[CH2-]CCC.[CH2-]CCC.[Hf+4]. The Bertz CT molecular complexity index is 1860. The molecule has 0 aliphatic rings. The van der Waals surface area contributed by atoms with Gasteiger partial charge in [-0.2, -0.15) is 23.2 Å². The summed E-state index contributed by atoms with van der Waals surface area (Å²) in [5.41, 5.74) is 2.82. The van der Waals surface area contributed by atoms with Crippen LogP contribution in [0, 0.1) is 27.7 Å². The molecule has 0 aliphatic heterocycles. The average molecular weight is 769 g/mol. The number of hydrogen-bond acceptors (Lipinski definition) is 0. The van der Waals surface area contributed by atoms with Gasteiger partial charge in [0.05, 0.1) is 0 Å². The summed E-state index contributed by atoms with van der Waals surface area (Å²) in [7, 11) is -2.43. The van der Waals surface area contributed by atoms with E-state index in [2.05, 4.69) is 163 Å². The molecule has 7 rings (SSSR count). The van der Waals surface area contributed by atoms with Gasteiger partial charge in [0.25, 0.3) is 0 Å². The largest absolute Gasteiger partial charge is 4.00 e. The molecule has 0 aliphatic carbocycles. The van der Waals surface area contributed by atoms with E-state index in [4.69, 9.17) is 0 Å². The molecule has 226 valence electrons. The van der Waals surface area contributed by atoms with Gasteiger partial charge in [-0.05, 0) is 10.8 Å². The third-order valence-electron chi connectivity index (χ3n) is 9.01. The maximum Gasteiger partial charge on any atom is 4.00 e. The summed E-state index contributed by atoms with van der Waals surface area (Å²) in [6.45, 7) is 18.7. The molecule has 0 fully saturated rings. The zero-order chi connectivity index (χ0) is 31.3. The van der Waals surface area contributed by atoms with Crippen molar-refractivity contribution >= 4 is 66.7 Å². The smallest absolute Gasteiger partial charge is 0.343 e. The summed E-state index contributed by atoms with van der Waals surface area (Å²) in [5.74, 6) is 0. The summed E-state index contributed by atoms with van der Waals surface area (Å²) in [6.07, 6.45) is 4.56. The van der Waals surface area contributed by atoms with Gasteiger partial charge in [-0.3, -0.25) is 0 Å². The fourth-order valence-electron chi connectivity index (χ4n) is 6.85. The minimum atomic E-state index is -2.43. The molecule has 0 heterocycles. The first-order valence-electron chi connectivity index (χ1n) is 16.2. The summed E-state index contributed by atoms with van der Waals surface area (Å²) < 4.78 is 0. The molecule has 0 nitrogen and oxygen atoms in total. The summed E-state index contributed by atoms with van der Waals surface area (Å²) in [4.78, 5) is 0. The molecule has 0 saturated heterocycles. The molecule has 45 heavy (non-hydrogen) atoms. The molecule has 0 N–H and O–H groups in total. The van der Waals surface area contributed by atoms with Crippen molar-refractivity contribution in [1.82, 2.24) is 0 Å². The number of unbranched alkanes of at least 4 members (excludes halogenated alkanes) is 2. The molecule has 0 spiro atoms. The Hall–Kier alpha value is -3.07. The first-order chi connectivity index (χ1) is 21.4. The number of hydrogen-bond donors (Lipinski definition) is 0. The zero-order valence-corrected chi connectivity index (χ0v) is 32.3. The summed E-state index contributed by atoms with van der Waals surface area (Å²) in [5, 5.41) is 15.5. The van der Waals surface area contributed by atoms with Crippen molar-refractivity contribution in [3.05, 3.63) is 140 Å². The van der Waals surface area contributed by atoms with Crippen LogP contribution in [0.1, 0.15) is 50.7 Å². The fraction of sp³-hybridized carbons (Fsp3) is 0.209. The zero-order valence-electron chi connectivity index (χ0n) is 27.7. The molecule has 0 unspecified atom stereocenters. The van der Waals surface area contributed by atoms with E-state index in [1.54, 1.807) is 10.4 Å². The topological polar surface area (TPSA) is 0 Å². The van der Waals surface area contributed by atoms with Gasteiger partial charge in [0.2, 0.25) is 0 Å². The van der Waals surface area contributed by atoms with E-state index in [1.807, 2.05) is 0 Å². The van der Waals surface area contributed by atoms with Gasteiger partial charge in [0.1, 0.15) is 0 Å². The molecule has 0 atom stereocenters. The van der Waals surface area contributed by atoms with E-state index < -0.39 is 8.07 Å². The second kappa shape index (κ2) is 15.5. The minimum Gasteiger partial charge on any atom is -0.343 e. The number of aryl methyl sites for hydroxylation is 2. The van der Waals surface area contributed by atoms with E-state index in [1.165, 1.54) is 72.2 Å². The molecule has 2 heteroatoms. The second-order valence-electron chi connectivity index (χ2n) is 12.1. The molecule has 7 aromatic rings. The van der Waals surface area contributed by atoms with Crippen LogP contribution in [0.5, 0.6) is 0 Å². The van der Waals surface area contributed by atoms with Crippen LogP contribution < -0.4 is 15.6 Å². The average Bonchev–Trinajstić information content (AvgIpc) is 3.61. The Kier molecular flexibility index (Phi) is 12.0. The first kappa shape index (κ1) is 34.8. The van der Waals surface area contributed by atoms with Crippen LogP contribution >= 0.6 is 0 Å².